The normalized spacial score (nSPS) is 16.8. The third-order valence-electron chi connectivity index (χ3n) is 5.45. The topological polar surface area (TPSA) is 112 Å². The van der Waals surface area contributed by atoms with Crippen LogP contribution in [0.2, 0.25) is 0 Å². The van der Waals surface area contributed by atoms with Crippen LogP contribution in [0.25, 0.3) is 0 Å². The Labute approximate surface area is 178 Å². The molecule has 1 aliphatic rings. The summed E-state index contributed by atoms with van der Waals surface area (Å²) < 4.78 is 27.7. The van der Waals surface area contributed by atoms with Crippen LogP contribution in [0, 0.1) is 0 Å². The number of hydrogen-bond acceptors (Lipinski definition) is 8. The Bertz CT molecular complexity index is 917. The van der Waals surface area contributed by atoms with Gasteiger partial charge in [0, 0.05) is 44.5 Å². The van der Waals surface area contributed by atoms with Crippen LogP contribution >= 0.6 is 0 Å². The van der Waals surface area contributed by atoms with Gasteiger partial charge in [0.1, 0.15) is 28.7 Å². The lowest BCUT2D eigenvalue weighted by atomic mass is 10.2. The number of aromatic nitrogens is 3. The van der Waals surface area contributed by atoms with Crippen molar-refractivity contribution in [3.8, 4) is 0 Å². The lowest BCUT2D eigenvalue weighted by Crippen LogP contribution is -2.35. The molecule has 3 N–H and O–H groups in total. The van der Waals surface area contributed by atoms with E-state index in [0.717, 1.165) is 43.9 Å². The molecule has 3 rings (SSSR count). The van der Waals surface area contributed by atoms with Crippen LogP contribution in [0.3, 0.4) is 0 Å². The first kappa shape index (κ1) is 22.2. The summed E-state index contributed by atoms with van der Waals surface area (Å²) in [7, 11) is -1.71. The van der Waals surface area contributed by atoms with Gasteiger partial charge >= 0.3 is 0 Å². The van der Waals surface area contributed by atoms with Gasteiger partial charge in [-0.05, 0) is 37.8 Å². The molecule has 1 aliphatic heterocycles. The average molecular weight is 434 g/mol. The van der Waals surface area contributed by atoms with Crippen LogP contribution in [0.1, 0.15) is 39.5 Å². The van der Waals surface area contributed by atoms with Gasteiger partial charge in [-0.1, -0.05) is 13.8 Å². The first-order chi connectivity index (χ1) is 14.5. The number of rotatable bonds is 10. The largest absolute Gasteiger partial charge is 0.373 e. The number of nitrogens with one attached hydrogen (secondary N) is 3. The van der Waals surface area contributed by atoms with Crippen LogP contribution in [0.5, 0.6) is 0 Å². The zero-order valence-corrected chi connectivity index (χ0v) is 18.6. The summed E-state index contributed by atoms with van der Waals surface area (Å²) in [6, 6.07) is 5.47. The maximum atomic E-state index is 12.5. The van der Waals surface area contributed by atoms with Crippen molar-refractivity contribution in [2.75, 3.05) is 35.7 Å². The summed E-state index contributed by atoms with van der Waals surface area (Å²) in [5.74, 6) is 2.35. The molecule has 0 aromatic carbocycles. The molecule has 0 aliphatic carbocycles. The van der Waals surface area contributed by atoms with Gasteiger partial charge in [-0.15, -0.1) is 0 Å². The number of pyridine rings is 1. The molecule has 1 fully saturated rings. The van der Waals surface area contributed by atoms with E-state index in [0.29, 0.717) is 12.4 Å². The molecule has 1 saturated heterocycles. The second kappa shape index (κ2) is 10.0. The van der Waals surface area contributed by atoms with Gasteiger partial charge in [0.15, 0.2) is 0 Å². The van der Waals surface area contributed by atoms with E-state index >= 15 is 0 Å². The van der Waals surface area contributed by atoms with E-state index in [1.165, 1.54) is 6.20 Å². The summed E-state index contributed by atoms with van der Waals surface area (Å²) >= 11 is 0. The maximum Gasteiger partial charge on any atom is 0.242 e. The molecule has 0 spiro atoms. The van der Waals surface area contributed by atoms with Crippen molar-refractivity contribution in [2.24, 2.45) is 0 Å². The summed E-state index contributed by atoms with van der Waals surface area (Å²) in [4.78, 5) is 15.3. The predicted octanol–water partition coefficient (Wildman–Crippen LogP) is 2.46. The molecule has 164 valence electrons. The van der Waals surface area contributed by atoms with Gasteiger partial charge in [-0.3, -0.25) is 0 Å². The third-order valence-corrected chi connectivity index (χ3v) is 6.96. The Hall–Kier alpha value is -2.46. The fourth-order valence-corrected chi connectivity index (χ4v) is 4.95. The van der Waals surface area contributed by atoms with Crippen molar-refractivity contribution in [2.45, 2.75) is 56.5 Å². The van der Waals surface area contributed by atoms with Crippen molar-refractivity contribution in [1.29, 1.82) is 0 Å². The number of anilines is 3. The maximum absolute atomic E-state index is 12.5. The second-order valence-electron chi connectivity index (χ2n) is 7.40. The SMILES string of the molecule is CCC(CC)NS(=O)(=O)c1ccc(NCC2CCCN2c2cc(NC)ncn2)nc1. The van der Waals surface area contributed by atoms with E-state index in [2.05, 4.69) is 35.2 Å². The minimum atomic E-state index is -3.55. The Kier molecular flexibility index (Phi) is 7.43. The molecule has 0 saturated carbocycles. The van der Waals surface area contributed by atoms with E-state index in [1.807, 2.05) is 27.0 Å². The van der Waals surface area contributed by atoms with Crippen LogP contribution in [-0.2, 0) is 10.0 Å². The number of sulfonamides is 1. The quantitative estimate of drug-likeness (QED) is 0.524. The van der Waals surface area contributed by atoms with Crippen LogP contribution < -0.4 is 20.3 Å². The second-order valence-corrected chi connectivity index (χ2v) is 9.11. The van der Waals surface area contributed by atoms with Crippen molar-refractivity contribution in [1.82, 2.24) is 19.7 Å². The molecule has 30 heavy (non-hydrogen) atoms. The van der Waals surface area contributed by atoms with Gasteiger partial charge in [0.2, 0.25) is 10.0 Å². The predicted molar refractivity (Wildman–Crippen MR) is 119 cm³/mol. The van der Waals surface area contributed by atoms with Gasteiger partial charge in [0.05, 0.1) is 0 Å². The van der Waals surface area contributed by atoms with E-state index in [9.17, 15) is 8.42 Å². The van der Waals surface area contributed by atoms with Gasteiger partial charge in [-0.25, -0.2) is 28.1 Å². The minimum Gasteiger partial charge on any atom is -0.373 e. The lowest BCUT2D eigenvalue weighted by Gasteiger charge is -2.26. The molecule has 0 radical (unpaired) electrons. The molecular weight excluding hydrogens is 402 g/mol. The van der Waals surface area contributed by atoms with Gasteiger partial charge in [0.25, 0.3) is 0 Å². The van der Waals surface area contributed by atoms with E-state index in [4.69, 9.17) is 0 Å². The van der Waals surface area contributed by atoms with E-state index in [-0.39, 0.29) is 17.0 Å². The first-order valence-electron chi connectivity index (χ1n) is 10.5. The number of nitrogens with zero attached hydrogens (tertiary/aromatic N) is 4. The highest BCUT2D eigenvalue weighted by molar-refractivity contribution is 7.89. The summed E-state index contributed by atoms with van der Waals surface area (Å²) in [6.45, 7) is 5.58. The summed E-state index contributed by atoms with van der Waals surface area (Å²) in [5.41, 5.74) is 0. The molecule has 0 amide bonds. The zero-order chi connectivity index (χ0) is 21.6. The number of hydrogen-bond donors (Lipinski definition) is 3. The highest BCUT2D eigenvalue weighted by Gasteiger charge is 2.26. The average Bonchev–Trinajstić information content (AvgIpc) is 3.25. The lowest BCUT2D eigenvalue weighted by molar-refractivity contribution is 0.530. The Morgan fingerprint density at radius 2 is 1.97 bits per heavy atom. The summed E-state index contributed by atoms with van der Waals surface area (Å²) in [6.07, 6.45) is 6.63. The molecule has 0 bridgehead atoms. The molecule has 9 nitrogen and oxygen atoms in total. The smallest absolute Gasteiger partial charge is 0.242 e. The first-order valence-corrected chi connectivity index (χ1v) is 11.9. The molecule has 2 aromatic rings. The van der Waals surface area contributed by atoms with E-state index < -0.39 is 10.0 Å². The Morgan fingerprint density at radius 3 is 2.63 bits per heavy atom. The standard InChI is InChI=1S/C20H31N7O2S/c1-4-15(5-2)26-30(28,29)17-8-9-18(23-13-17)22-12-16-7-6-10-27(16)20-11-19(21-3)24-14-25-20/h8-9,11,13-16,26H,4-7,10,12H2,1-3H3,(H,22,23)(H,21,24,25). The minimum absolute atomic E-state index is 0.0635. The molecule has 1 unspecified atom stereocenters. The van der Waals surface area contributed by atoms with Crippen LogP contribution in [0.15, 0.2) is 35.6 Å². The molecule has 1 atom stereocenters. The van der Waals surface area contributed by atoms with Crippen molar-refractivity contribution in [3.63, 3.8) is 0 Å². The van der Waals surface area contributed by atoms with Crippen molar-refractivity contribution < 1.29 is 8.42 Å². The molecule has 3 heterocycles. The Morgan fingerprint density at radius 1 is 1.17 bits per heavy atom. The van der Waals surface area contributed by atoms with E-state index in [1.54, 1.807) is 18.5 Å². The van der Waals surface area contributed by atoms with Gasteiger partial charge < -0.3 is 15.5 Å². The fourth-order valence-electron chi connectivity index (χ4n) is 3.60. The fraction of sp³-hybridized carbons (Fsp3) is 0.550. The Balaban J connectivity index is 1.62. The van der Waals surface area contributed by atoms with Gasteiger partial charge in [-0.2, -0.15) is 0 Å². The highest BCUT2D eigenvalue weighted by atomic mass is 32.2. The molecule has 10 heteroatoms. The monoisotopic (exact) mass is 433 g/mol. The van der Waals surface area contributed by atoms with Crippen LogP contribution in [-0.4, -0.2) is 55.6 Å². The van der Waals surface area contributed by atoms with Crippen molar-refractivity contribution in [3.05, 3.63) is 30.7 Å². The molecular formula is C20H31N7O2S. The van der Waals surface area contributed by atoms with Crippen LogP contribution in [0.4, 0.5) is 17.5 Å². The third kappa shape index (κ3) is 5.37. The zero-order valence-electron chi connectivity index (χ0n) is 17.8. The summed E-state index contributed by atoms with van der Waals surface area (Å²) in [5, 5.41) is 6.37. The van der Waals surface area contributed by atoms with Crippen molar-refractivity contribution >= 4 is 27.5 Å². The molecule has 2 aromatic heterocycles. The highest BCUT2D eigenvalue weighted by Crippen LogP contribution is 2.25.